The van der Waals surface area contributed by atoms with Gasteiger partial charge < -0.3 is 19.9 Å². The highest BCUT2D eigenvalue weighted by Gasteiger charge is 2.47. The molecule has 1 fully saturated rings. The van der Waals surface area contributed by atoms with Crippen molar-refractivity contribution < 1.29 is 28.6 Å². The number of nitrogens with one attached hydrogen (secondary N) is 1. The highest BCUT2D eigenvalue weighted by atomic mass is 19.1. The van der Waals surface area contributed by atoms with E-state index in [0.29, 0.717) is 0 Å². The van der Waals surface area contributed by atoms with Crippen LogP contribution in [0.2, 0.25) is 0 Å². The van der Waals surface area contributed by atoms with Crippen LogP contribution in [0, 0.1) is 11.2 Å². The summed E-state index contributed by atoms with van der Waals surface area (Å²) in [6.07, 6.45) is 0. The zero-order valence-corrected chi connectivity index (χ0v) is 11.7. The molecule has 2 unspecified atom stereocenters. The van der Waals surface area contributed by atoms with Crippen LogP contribution in [0.1, 0.15) is 17.3 Å². The number of amides is 1. The quantitative estimate of drug-likeness (QED) is 0.868. The third-order valence-corrected chi connectivity index (χ3v) is 3.67. The molecule has 0 aliphatic carbocycles. The lowest BCUT2D eigenvalue weighted by Crippen LogP contribution is -2.49. The van der Waals surface area contributed by atoms with E-state index in [2.05, 4.69) is 5.32 Å². The second-order valence-corrected chi connectivity index (χ2v) is 5.08. The van der Waals surface area contributed by atoms with Gasteiger partial charge in [0.05, 0.1) is 26.4 Å². The highest BCUT2D eigenvalue weighted by molar-refractivity contribution is 5.97. The number of benzene rings is 1. The normalized spacial score (nSPS) is 24.6. The van der Waals surface area contributed by atoms with Crippen molar-refractivity contribution in [3.63, 3.8) is 0 Å². The molecule has 0 bridgehead atoms. The first kappa shape index (κ1) is 15.2. The number of hydrogen-bond acceptors (Lipinski definition) is 4. The van der Waals surface area contributed by atoms with Crippen LogP contribution >= 0.6 is 0 Å². The molecule has 1 heterocycles. The van der Waals surface area contributed by atoms with Gasteiger partial charge in [-0.05, 0) is 19.1 Å². The highest BCUT2D eigenvalue weighted by Crippen LogP contribution is 2.30. The monoisotopic (exact) mass is 297 g/mol. The summed E-state index contributed by atoms with van der Waals surface area (Å²) in [7, 11) is 1.32. The van der Waals surface area contributed by atoms with Gasteiger partial charge in [-0.15, -0.1) is 0 Å². The summed E-state index contributed by atoms with van der Waals surface area (Å²) in [5.74, 6) is -2.45. The van der Waals surface area contributed by atoms with Crippen LogP contribution in [0.25, 0.3) is 0 Å². The molecule has 1 saturated heterocycles. The second kappa shape index (κ2) is 5.69. The smallest absolute Gasteiger partial charge is 0.313 e. The summed E-state index contributed by atoms with van der Waals surface area (Å²) in [6.45, 7) is 1.53. The first-order chi connectivity index (χ1) is 9.90. The van der Waals surface area contributed by atoms with Crippen molar-refractivity contribution in [2.24, 2.45) is 5.41 Å². The van der Waals surface area contributed by atoms with Gasteiger partial charge in [0.1, 0.15) is 22.5 Å². The molecule has 7 heteroatoms. The Labute approximate surface area is 120 Å². The Hall–Kier alpha value is -2.15. The fraction of sp³-hybridized carbons (Fsp3) is 0.429. The number of methoxy groups -OCH3 is 1. The van der Waals surface area contributed by atoms with E-state index >= 15 is 0 Å². The predicted molar refractivity (Wildman–Crippen MR) is 70.8 cm³/mol. The van der Waals surface area contributed by atoms with Gasteiger partial charge in [-0.3, -0.25) is 9.59 Å². The Kier molecular flexibility index (Phi) is 4.13. The second-order valence-electron chi connectivity index (χ2n) is 5.08. The molecular weight excluding hydrogens is 281 g/mol. The molecule has 6 nitrogen and oxygen atoms in total. The molecule has 0 saturated carbocycles. The van der Waals surface area contributed by atoms with E-state index in [1.165, 1.54) is 26.2 Å². The largest absolute Gasteiger partial charge is 0.496 e. The minimum atomic E-state index is -1.24. The summed E-state index contributed by atoms with van der Waals surface area (Å²) in [6, 6.07) is 3.27. The maximum Gasteiger partial charge on any atom is 0.313 e. The third kappa shape index (κ3) is 2.69. The zero-order chi connectivity index (χ0) is 15.6. The van der Waals surface area contributed by atoms with Gasteiger partial charge in [0.15, 0.2) is 0 Å². The summed E-state index contributed by atoms with van der Waals surface area (Å²) in [5, 5.41) is 11.8. The number of aliphatic carboxylic acids is 1. The Balaban J connectivity index is 2.25. The predicted octanol–water partition coefficient (Wildman–Crippen LogP) is 1.05. The topological polar surface area (TPSA) is 84.9 Å². The van der Waals surface area contributed by atoms with Gasteiger partial charge in [0.25, 0.3) is 5.91 Å². The number of carboxylic acid groups (broad SMARTS) is 1. The molecule has 1 aliphatic rings. The molecule has 1 aliphatic heterocycles. The zero-order valence-electron chi connectivity index (χ0n) is 11.7. The maximum absolute atomic E-state index is 13.8. The number of carbonyl (C=O) groups is 2. The number of carbonyl (C=O) groups excluding carboxylic acids is 1. The molecular formula is C14H16FNO5. The van der Waals surface area contributed by atoms with E-state index in [1.807, 2.05) is 0 Å². The number of ether oxygens (including phenoxy) is 2. The van der Waals surface area contributed by atoms with Gasteiger partial charge in [0.2, 0.25) is 0 Å². The van der Waals surface area contributed by atoms with Gasteiger partial charge >= 0.3 is 5.97 Å². The molecule has 2 rings (SSSR count). The van der Waals surface area contributed by atoms with Crippen LogP contribution in [0.4, 0.5) is 4.39 Å². The average molecular weight is 297 g/mol. The molecule has 1 aromatic carbocycles. The Morgan fingerprint density at radius 1 is 1.52 bits per heavy atom. The number of hydrogen-bond donors (Lipinski definition) is 2. The van der Waals surface area contributed by atoms with Crippen molar-refractivity contribution in [3.8, 4) is 5.75 Å². The van der Waals surface area contributed by atoms with Crippen LogP contribution in [-0.2, 0) is 9.53 Å². The van der Waals surface area contributed by atoms with Crippen LogP contribution in [0.15, 0.2) is 18.2 Å². The van der Waals surface area contributed by atoms with E-state index in [9.17, 15) is 19.1 Å². The van der Waals surface area contributed by atoms with Crippen molar-refractivity contribution in [3.05, 3.63) is 29.6 Å². The van der Waals surface area contributed by atoms with Crippen molar-refractivity contribution in [1.82, 2.24) is 5.32 Å². The summed E-state index contributed by atoms with van der Waals surface area (Å²) in [4.78, 5) is 23.5. The molecule has 2 N–H and O–H groups in total. The molecule has 0 aromatic heterocycles. The fourth-order valence-corrected chi connectivity index (χ4v) is 2.21. The molecule has 2 atom stereocenters. The van der Waals surface area contributed by atoms with Crippen molar-refractivity contribution in [2.45, 2.75) is 13.0 Å². The van der Waals surface area contributed by atoms with Gasteiger partial charge in [0, 0.05) is 0 Å². The van der Waals surface area contributed by atoms with E-state index in [1.54, 1.807) is 0 Å². The van der Waals surface area contributed by atoms with Crippen LogP contribution in [0.3, 0.4) is 0 Å². The van der Waals surface area contributed by atoms with E-state index in [4.69, 9.17) is 9.47 Å². The maximum atomic E-state index is 13.8. The van der Waals surface area contributed by atoms with E-state index in [0.717, 1.165) is 6.07 Å². The van der Waals surface area contributed by atoms with Crippen molar-refractivity contribution in [2.75, 3.05) is 20.3 Å². The van der Waals surface area contributed by atoms with Gasteiger partial charge in [-0.25, -0.2) is 4.39 Å². The van der Waals surface area contributed by atoms with E-state index in [-0.39, 0.29) is 24.5 Å². The lowest BCUT2D eigenvalue weighted by Gasteiger charge is -2.25. The molecule has 0 spiro atoms. The molecule has 1 aromatic rings. The number of carboxylic acids is 1. The third-order valence-electron chi connectivity index (χ3n) is 3.67. The number of halogens is 1. The SMILES string of the molecule is COc1cccc(F)c1C(=O)NC1COCC1(C)C(=O)O. The standard InChI is InChI=1S/C14H16FNO5/c1-14(13(18)19)7-21-6-10(14)16-12(17)11-8(15)4-3-5-9(11)20-2/h3-5,10H,6-7H2,1-2H3,(H,16,17)(H,18,19). The number of rotatable bonds is 4. The minimum Gasteiger partial charge on any atom is -0.496 e. The first-order valence-corrected chi connectivity index (χ1v) is 6.34. The van der Waals surface area contributed by atoms with E-state index < -0.39 is 29.2 Å². The lowest BCUT2D eigenvalue weighted by molar-refractivity contribution is -0.148. The lowest BCUT2D eigenvalue weighted by atomic mass is 9.85. The Morgan fingerprint density at radius 3 is 2.86 bits per heavy atom. The Morgan fingerprint density at radius 2 is 2.24 bits per heavy atom. The molecule has 114 valence electrons. The average Bonchev–Trinajstić information content (AvgIpc) is 2.81. The van der Waals surface area contributed by atoms with Gasteiger partial charge in [-0.1, -0.05) is 6.07 Å². The van der Waals surface area contributed by atoms with Gasteiger partial charge in [-0.2, -0.15) is 0 Å². The summed E-state index contributed by atoms with van der Waals surface area (Å²) in [5.41, 5.74) is -1.49. The van der Waals surface area contributed by atoms with Crippen molar-refractivity contribution >= 4 is 11.9 Å². The van der Waals surface area contributed by atoms with Crippen molar-refractivity contribution in [1.29, 1.82) is 0 Å². The van der Waals surface area contributed by atoms with Crippen LogP contribution in [0.5, 0.6) is 5.75 Å². The Bertz CT molecular complexity index is 576. The summed E-state index contributed by atoms with van der Waals surface area (Å²) >= 11 is 0. The fourth-order valence-electron chi connectivity index (χ4n) is 2.21. The first-order valence-electron chi connectivity index (χ1n) is 6.34. The van der Waals surface area contributed by atoms with Crippen LogP contribution < -0.4 is 10.1 Å². The molecule has 0 radical (unpaired) electrons. The molecule has 1 amide bonds. The summed E-state index contributed by atoms with van der Waals surface area (Å²) < 4.78 is 23.9. The minimum absolute atomic E-state index is 0.0122. The molecule has 21 heavy (non-hydrogen) atoms. The van der Waals surface area contributed by atoms with Crippen LogP contribution in [-0.4, -0.2) is 43.3 Å².